The molecular formula is C26H20N4O6S. The minimum absolute atomic E-state index is 0.0155. The van der Waals surface area contributed by atoms with E-state index in [0.717, 1.165) is 21.7 Å². The van der Waals surface area contributed by atoms with E-state index in [1.165, 1.54) is 31.4 Å². The molecule has 3 aromatic carbocycles. The van der Waals surface area contributed by atoms with E-state index in [0.29, 0.717) is 5.75 Å². The van der Waals surface area contributed by atoms with Gasteiger partial charge in [0, 0.05) is 23.3 Å². The number of nitriles is 1. The third-order valence-corrected chi connectivity index (χ3v) is 7.49. The molecule has 0 saturated carbocycles. The average Bonchev–Trinajstić information content (AvgIpc) is 3.21. The number of aryl methyl sites for hydroxylation is 1. The molecule has 0 spiro atoms. The van der Waals surface area contributed by atoms with Crippen molar-refractivity contribution >= 4 is 27.3 Å². The van der Waals surface area contributed by atoms with E-state index in [4.69, 9.17) is 10.5 Å². The van der Waals surface area contributed by atoms with Gasteiger partial charge in [0.2, 0.25) is 0 Å². The number of nitrogen functional groups attached to an aromatic ring is 1. The molecule has 0 fully saturated rings. The molecule has 10 nitrogen and oxygen atoms in total. The zero-order chi connectivity index (χ0) is 26.9. The Labute approximate surface area is 212 Å². The smallest absolute Gasteiger partial charge is 0.269 e. The first-order valence-electron chi connectivity index (χ1n) is 10.8. The number of anilines is 1. The molecule has 0 aliphatic heterocycles. The number of nitrogens with two attached hydrogens (primary N) is 1. The van der Waals surface area contributed by atoms with Gasteiger partial charge in [0.25, 0.3) is 15.7 Å². The van der Waals surface area contributed by atoms with Gasteiger partial charge < -0.3 is 10.5 Å². The average molecular weight is 517 g/mol. The summed E-state index contributed by atoms with van der Waals surface area (Å²) >= 11 is 0. The predicted molar refractivity (Wildman–Crippen MR) is 136 cm³/mol. The molecule has 4 rings (SSSR count). The molecule has 0 radical (unpaired) electrons. The Hall–Kier alpha value is -4.95. The van der Waals surface area contributed by atoms with Gasteiger partial charge in [-0.25, -0.2) is 12.4 Å². The van der Waals surface area contributed by atoms with Gasteiger partial charge in [0.15, 0.2) is 5.78 Å². The number of benzene rings is 3. The number of carbonyl (C=O) groups excluding carboxylic acids is 1. The zero-order valence-corrected chi connectivity index (χ0v) is 20.5. The Kier molecular flexibility index (Phi) is 6.52. The minimum atomic E-state index is -4.36. The maximum atomic E-state index is 13.8. The Bertz CT molecular complexity index is 1670. The van der Waals surface area contributed by atoms with Crippen molar-refractivity contribution in [2.75, 3.05) is 12.8 Å². The van der Waals surface area contributed by atoms with E-state index in [1.54, 1.807) is 43.3 Å². The van der Waals surface area contributed by atoms with Crippen LogP contribution in [0.2, 0.25) is 0 Å². The second-order valence-electron chi connectivity index (χ2n) is 8.04. The summed E-state index contributed by atoms with van der Waals surface area (Å²) in [6.45, 7) is 1.80. The lowest BCUT2D eigenvalue weighted by molar-refractivity contribution is -0.384. The number of aromatic nitrogens is 1. The molecule has 0 unspecified atom stereocenters. The van der Waals surface area contributed by atoms with Crippen LogP contribution >= 0.6 is 0 Å². The highest BCUT2D eigenvalue weighted by atomic mass is 32.2. The van der Waals surface area contributed by atoms with Gasteiger partial charge in [-0.1, -0.05) is 17.7 Å². The summed E-state index contributed by atoms with van der Waals surface area (Å²) in [7, 11) is -2.89. The van der Waals surface area contributed by atoms with Gasteiger partial charge in [0.05, 0.1) is 28.2 Å². The van der Waals surface area contributed by atoms with Crippen LogP contribution < -0.4 is 10.5 Å². The second-order valence-corrected chi connectivity index (χ2v) is 9.83. The van der Waals surface area contributed by atoms with Gasteiger partial charge in [-0.15, -0.1) is 0 Å². The van der Waals surface area contributed by atoms with Crippen molar-refractivity contribution in [2.45, 2.75) is 11.8 Å². The number of hydrogen-bond acceptors (Lipinski definition) is 8. The first-order chi connectivity index (χ1) is 17.6. The number of rotatable bonds is 7. The topological polar surface area (TPSA) is 158 Å². The lowest BCUT2D eigenvalue weighted by atomic mass is 9.96. The zero-order valence-electron chi connectivity index (χ0n) is 19.7. The summed E-state index contributed by atoms with van der Waals surface area (Å²) in [5.74, 6) is -0.666. The van der Waals surface area contributed by atoms with Crippen molar-refractivity contribution in [3.05, 3.63) is 105 Å². The van der Waals surface area contributed by atoms with Gasteiger partial charge >= 0.3 is 0 Å². The van der Waals surface area contributed by atoms with E-state index >= 15 is 0 Å². The van der Waals surface area contributed by atoms with E-state index in [-0.39, 0.29) is 38.5 Å². The van der Waals surface area contributed by atoms with Crippen molar-refractivity contribution < 1.29 is 22.9 Å². The number of carbonyl (C=O) groups is 1. The van der Waals surface area contributed by atoms with E-state index in [2.05, 4.69) is 0 Å². The molecule has 0 amide bonds. The molecular weight excluding hydrogens is 496 g/mol. The second kappa shape index (κ2) is 9.60. The first kappa shape index (κ1) is 25.2. The number of non-ortho nitro benzene ring substituents is 1. The number of nitro groups is 1. The third kappa shape index (κ3) is 4.41. The lowest BCUT2D eigenvalue weighted by Crippen LogP contribution is -2.17. The fourth-order valence-electron chi connectivity index (χ4n) is 3.86. The molecule has 0 aliphatic carbocycles. The van der Waals surface area contributed by atoms with Crippen molar-refractivity contribution in [3.63, 3.8) is 0 Å². The normalized spacial score (nSPS) is 11.1. The third-order valence-electron chi connectivity index (χ3n) is 5.77. The number of methoxy groups -OCH3 is 1. The minimum Gasteiger partial charge on any atom is -0.497 e. The SMILES string of the molecule is COc1ccc(-c2c(C(=O)c3ccc([N+](=O)[O-])cc3)c(C#N)c(N)n2S(=O)(=O)c2ccc(C)cc2)cc1. The Balaban J connectivity index is 2.05. The van der Waals surface area contributed by atoms with Crippen LogP contribution in [-0.2, 0) is 10.0 Å². The quantitative estimate of drug-likeness (QED) is 0.216. The summed E-state index contributed by atoms with van der Waals surface area (Å²) < 4.78 is 33.6. The maximum Gasteiger partial charge on any atom is 0.269 e. The summed E-state index contributed by atoms with van der Waals surface area (Å²) in [6, 6.07) is 18.9. The van der Waals surface area contributed by atoms with Crippen LogP contribution in [0.4, 0.5) is 11.5 Å². The van der Waals surface area contributed by atoms with E-state index in [1.807, 2.05) is 6.07 Å². The Morgan fingerprint density at radius 2 is 1.62 bits per heavy atom. The lowest BCUT2D eigenvalue weighted by Gasteiger charge is -2.14. The summed E-state index contributed by atoms with van der Waals surface area (Å²) in [5.41, 5.74) is 6.46. The van der Waals surface area contributed by atoms with Crippen molar-refractivity contribution in [1.29, 1.82) is 5.26 Å². The largest absolute Gasteiger partial charge is 0.497 e. The highest BCUT2D eigenvalue weighted by molar-refractivity contribution is 7.90. The van der Waals surface area contributed by atoms with E-state index in [9.17, 15) is 28.6 Å². The number of hydrogen-bond donors (Lipinski definition) is 1. The number of nitro benzene ring substituents is 1. The molecule has 1 aromatic heterocycles. The first-order valence-corrected chi connectivity index (χ1v) is 12.2. The van der Waals surface area contributed by atoms with Gasteiger partial charge in [-0.2, -0.15) is 5.26 Å². The fraction of sp³-hybridized carbons (Fsp3) is 0.0769. The van der Waals surface area contributed by atoms with Gasteiger partial charge in [-0.05, 0) is 55.5 Å². The molecule has 0 bridgehead atoms. The van der Waals surface area contributed by atoms with Crippen LogP contribution in [0.5, 0.6) is 5.75 Å². The van der Waals surface area contributed by atoms with Crippen LogP contribution in [0.25, 0.3) is 11.3 Å². The molecule has 186 valence electrons. The predicted octanol–water partition coefficient (Wildman–Crippen LogP) is 4.30. The number of ether oxygens (including phenoxy) is 1. The molecule has 37 heavy (non-hydrogen) atoms. The molecule has 11 heteroatoms. The maximum absolute atomic E-state index is 13.8. The monoisotopic (exact) mass is 516 g/mol. The van der Waals surface area contributed by atoms with Crippen LogP contribution in [0, 0.1) is 28.4 Å². The standard InChI is InChI=1S/C26H20N4O6S/c1-16-3-13-21(14-4-16)37(34,35)29-24(17-7-11-20(36-2)12-8-17)23(22(15-27)26(29)28)25(31)18-5-9-19(10-6-18)30(32)33/h3-14H,28H2,1-2H3. The highest BCUT2D eigenvalue weighted by Crippen LogP contribution is 2.38. The van der Waals surface area contributed by atoms with Crippen LogP contribution in [0.3, 0.4) is 0 Å². The molecule has 0 atom stereocenters. The summed E-state index contributed by atoms with van der Waals surface area (Å²) in [6.07, 6.45) is 0. The van der Waals surface area contributed by atoms with Crippen LogP contribution in [0.1, 0.15) is 27.0 Å². The summed E-state index contributed by atoms with van der Waals surface area (Å²) in [5, 5.41) is 21.0. The van der Waals surface area contributed by atoms with Gasteiger partial charge in [0.1, 0.15) is 23.2 Å². The molecule has 0 saturated heterocycles. The molecule has 1 heterocycles. The van der Waals surface area contributed by atoms with Crippen LogP contribution in [0.15, 0.2) is 77.7 Å². The Morgan fingerprint density at radius 1 is 1.03 bits per heavy atom. The highest BCUT2D eigenvalue weighted by Gasteiger charge is 2.34. The fourth-order valence-corrected chi connectivity index (χ4v) is 5.34. The number of nitrogens with zero attached hydrogens (tertiary/aromatic N) is 3. The van der Waals surface area contributed by atoms with Gasteiger partial charge in [-0.3, -0.25) is 14.9 Å². The Morgan fingerprint density at radius 3 is 2.14 bits per heavy atom. The molecule has 4 aromatic rings. The van der Waals surface area contributed by atoms with Crippen molar-refractivity contribution in [3.8, 4) is 23.1 Å². The summed E-state index contributed by atoms with van der Waals surface area (Å²) in [4.78, 5) is 24.0. The molecule has 2 N–H and O–H groups in total. The van der Waals surface area contributed by atoms with E-state index < -0.39 is 26.5 Å². The number of ketones is 1. The molecule has 0 aliphatic rings. The van der Waals surface area contributed by atoms with Crippen molar-refractivity contribution in [2.24, 2.45) is 0 Å². The van der Waals surface area contributed by atoms with Crippen LogP contribution in [-0.4, -0.2) is 30.2 Å². The van der Waals surface area contributed by atoms with Crippen molar-refractivity contribution in [1.82, 2.24) is 3.97 Å².